The lowest BCUT2D eigenvalue weighted by atomic mass is 10.2. The van der Waals surface area contributed by atoms with Gasteiger partial charge in [-0.05, 0) is 31.5 Å². The maximum atomic E-state index is 11.7. The molecule has 5 nitrogen and oxygen atoms in total. The zero-order valence-corrected chi connectivity index (χ0v) is 14.7. The molecule has 1 atom stereocenters. The number of benzene rings is 2. The van der Waals surface area contributed by atoms with Crippen LogP contribution in [0.5, 0.6) is 5.75 Å². The van der Waals surface area contributed by atoms with Crippen LogP contribution >= 0.6 is 8.53 Å². The predicted molar refractivity (Wildman–Crippen MR) is 94.5 cm³/mol. The maximum Gasteiger partial charge on any atom is 0.320 e. The monoisotopic (exact) mass is 347 g/mol. The number of esters is 1. The maximum absolute atomic E-state index is 11.7. The molecule has 0 saturated heterocycles. The van der Waals surface area contributed by atoms with Gasteiger partial charge in [0.2, 0.25) is 0 Å². The third-order valence-electron chi connectivity index (χ3n) is 2.84. The third-order valence-corrected chi connectivity index (χ3v) is 4.00. The van der Waals surface area contributed by atoms with E-state index in [4.69, 9.17) is 13.8 Å². The Morgan fingerprint density at radius 3 is 2.29 bits per heavy atom. The molecule has 0 aliphatic rings. The van der Waals surface area contributed by atoms with Crippen LogP contribution in [0.3, 0.4) is 0 Å². The number of nitrogens with one attached hydrogen (secondary N) is 1. The molecule has 2 aromatic rings. The van der Waals surface area contributed by atoms with Gasteiger partial charge in [-0.25, -0.2) is 5.09 Å². The Bertz CT molecular complexity index is 607. The average Bonchev–Trinajstić information content (AvgIpc) is 2.58. The molecule has 1 unspecified atom stereocenters. The quantitative estimate of drug-likeness (QED) is 0.548. The molecule has 0 heterocycles. The Morgan fingerprint density at radius 1 is 1.04 bits per heavy atom. The SMILES string of the molecule is CC(C)OC(=O)CNP(OCc1ccccc1)Oc1ccccc1. The first-order valence-electron chi connectivity index (χ1n) is 7.76. The molecule has 128 valence electrons. The minimum absolute atomic E-state index is 0.0332. The minimum Gasteiger partial charge on any atom is -0.462 e. The van der Waals surface area contributed by atoms with Crippen molar-refractivity contribution in [2.75, 3.05) is 6.54 Å². The van der Waals surface area contributed by atoms with Crippen LogP contribution in [-0.2, 0) is 20.7 Å². The highest BCUT2D eigenvalue weighted by Gasteiger charge is 2.16. The van der Waals surface area contributed by atoms with Crippen molar-refractivity contribution in [3.63, 3.8) is 0 Å². The van der Waals surface area contributed by atoms with E-state index in [2.05, 4.69) is 5.09 Å². The fourth-order valence-electron chi connectivity index (χ4n) is 1.82. The first-order valence-corrected chi connectivity index (χ1v) is 8.94. The molecule has 0 aromatic heterocycles. The molecule has 0 saturated carbocycles. The summed E-state index contributed by atoms with van der Waals surface area (Å²) in [6, 6.07) is 19.2. The van der Waals surface area contributed by atoms with E-state index in [1.807, 2.05) is 74.5 Å². The Balaban J connectivity index is 1.91. The van der Waals surface area contributed by atoms with Crippen molar-refractivity contribution in [2.45, 2.75) is 26.6 Å². The van der Waals surface area contributed by atoms with Crippen LogP contribution in [0.2, 0.25) is 0 Å². The molecule has 0 fully saturated rings. The molecular formula is C18H22NO4P. The van der Waals surface area contributed by atoms with E-state index in [9.17, 15) is 4.79 Å². The van der Waals surface area contributed by atoms with Crippen molar-refractivity contribution < 1.29 is 18.6 Å². The second-order valence-corrected chi connectivity index (χ2v) is 6.57. The van der Waals surface area contributed by atoms with Gasteiger partial charge in [-0.3, -0.25) is 4.79 Å². The number of carbonyl (C=O) groups is 1. The van der Waals surface area contributed by atoms with Gasteiger partial charge >= 0.3 is 14.5 Å². The second kappa shape index (κ2) is 10.0. The van der Waals surface area contributed by atoms with Gasteiger partial charge in [0.25, 0.3) is 0 Å². The van der Waals surface area contributed by atoms with Gasteiger partial charge in [-0.1, -0.05) is 48.5 Å². The van der Waals surface area contributed by atoms with Crippen LogP contribution in [0, 0.1) is 0 Å². The summed E-state index contributed by atoms with van der Waals surface area (Å²) in [5.41, 5.74) is 1.04. The Morgan fingerprint density at radius 2 is 1.67 bits per heavy atom. The van der Waals surface area contributed by atoms with Crippen molar-refractivity contribution >= 4 is 14.5 Å². The zero-order valence-electron chi connectivity index (χ0n) is 13.8. The van der Waals surface area contributed by atoms with Crippen molar-refractivity contribution in [1.29, 1.82) is 0 Å². The lowest BCUT2D eigenvalue weighted by molar-refractivity contribution is -0.145. The standard InChI is InChI=1S/C18H22NO4P/c1-15(2)22-18(20)13-19-24(23-17-11-7-4-8-12-17)21-14-16-9-5-3-6-10-16/h3-12,15,19H,13-14H2,1-2H3. The third kappa shape index (κ3) is 7.09. The second-order valence-electron chi connectivity index (χ2n) is 5.29. The van der Waals surface area contributed by atoms with Crippen LogP contribution in [0.15, 0.2) is 60.7 Å². The Labute approximate surface area is 143 Å². The normalized spacial score (nSPS) is 12.0. The zero-order chi connectivity index (χ0) is 17.2. The lowest BCUT2D eigenvalue weighted by Gasteiger charge is -2.18. The van der Waals surface area contributed by atoms with E-state index in [1.165, 1.54) is 0 Å². The highest BCUT2D eigenvalue weighted by atomic mass is 31.2. The van der Waals surface area contributed by atoms with Crippen LogP contribution < -0.4 is 9.61 Å². The van der Waals surface area contributed by atoms with E-state index in [1.54, 1.807) is 0 Å². The van der Waals surface area contributed by atoms with Crippen LogP contribution in [0.4, 0.5) is 0 Å². The van der Waals surface area contributed by atoms with E-state index in [0.29, 0.717) is 12.4 Å². The molecule has 0 radical (unpaired) electrons. The fraction of sp³-hybridized carbons (Fsp3) is 0.278. The summed E-state index contributed by atoms with van der Waals surface area (Å²) < 4.78 is 16.7. The van der Waals surface area contributed by atoms with Crippen LogP contribution in [-0.4, -0.2) is 18.6 Å². The van der Waals surface area contributed by atoms with Gasteiger partial charge in [0.1, 0.15) is 12.3 Å². The molecule has 0 aliphatic carbocycles. The largest absolute Gasteiger partial charge is 0.462 e. The number of hydrogen-bond acceptors (Lipinski definition) is 5. The van der Waals surface area contributed by atoms with E-state index in [0.717, 1.165) is 5.56 Å². The minimum atomic E-state index is -1.47. The van der Waals surface area contributed by atoms with Crippen molar-refractivity contribution in [3.8, 4) is 5.75 Å². The van der Waals surface area contributed by atoms with Crippen molar-refractivity contribution in [3.05, 3.63) is 66.2 Å². The molecule has 0 aliphatic heterocycles. The van der Waals surface area contributed by atoms with Gasteiger partial charge < -0.3 is 13.8 Å². The summed E-state index contributed by atoms with van der Waals surface area (Å²) in [6.07, 6.45) is -0.147. The number of ether oxygens (including phenoxy) is 1. The summed E-state index contributed by atoms with van der Waals surface area (Å²) in [4.78, 5) is 11.7. The molecule has 6 heteroatoms. The summed E-state index contributed by atoms with van der Waals surface area (Å²) in [5.74, 6) is 0.346. The molecule has 0 amide bonds. The van der Waals surface area contributed by atoms with Crippen LogP contribution in [0.25, 0.3) is 0 Å². The summed E-state index contributed by atoms with van der Waals surface area (Å²) in [7, 11) is -1.47. The van der Waals surface area contributed by atoms with Crippen molar-refractivity contribution in [2.24, 2.45) is 0 Å². The topological polar surface area (TPSA) is 56.8 Å². The number of para-hydroxylation sites is 1. The smallest absolute Gasteiger partial charge is 0.320 e. The van der Waals surface area contributed by atoms with Gasteiger partial charge in [-0.15, -0.1) is 0 Å². The number of rotatable bonds is 9. The molecule has 1 N–H and O–H groups in total. The molecule has 2 aromatic carbocycles. The molecule has 2 rings (SSSR count). The first-order chi connectivity index (χ1) is 11.6. The summed E-state index contributed by atoms with van der Waals surface area (Å²) in [6.45, 7) is 4.05. The molecule has 0 bridgehead atoms. The van der Waals surface area contributed by atoms with Crippen LogP contribution in [0.1, 0.15) is 19.4 Å². The van der Waals surface area contributed by atoms with Gasteiger partial charge in [0, 0.05) is 0 Å². The van der Waals surface area contributed by atoms with Gasteiger partial charge in [0.15, 0.2) is 0 Å². The summed E-state index contributed by atoms with van der Waals surface area (Å²) in [5, 5.41) is 2.99. The van der Waals surface area contributed by atoms with E-state index < -0.39 is 8.53 Å². The first kappa shape index (κ1) is 18.4. The van der Waals surface area contributed by atoms with E-state index >= 15 is 0 Å². The number of carbonyl (C=O) groups excluding carboxylic acids is 1. The molecular weight excluding hydrogens is 325 g/mol. The predicted octanol–water partition coefficient (Wildman–Crippen LogP) is 4.05. The van der Waals surface area contributed by atoms with Crippen molar-refractivity contribution in [1.82, 2.24) is 5.09 Å². The average molecular weight is 347 g/mol. The summed E-state index contributed by atoms with van der Waals surface area (Å²) >= 11 is 0. The fourth-order valence-corrected chi connectivity index (χ4v) is 2.87. The highest BCUT2D eigenvalue weighted by Crippen LogP contribution is 2.36. The molecule has 24 heavy (non-hydrogen) atoms. The lowest BCUT2D eigenvalue weighted by Crippen LogP contribution is -2.25. The van der Waals surface area contributed by atoms with Gasteiger partial charge in [-0.2, -0.15) is 0 Å². The highest BCUT2D eigenvalue weighted by molar-refractivity contribution is 7.45. The number of hydrogen-bond donors (Lipinski definition) is 1. The van der Waals surface area contributed by atoms with Gasteiger partial charge in [0.05, 0.1) is 12.7 Å². The Hall–Kier alpha value is -1.94. The van der Waals surface area contributed by atoms with E-state index in [-0.39, 0.29) is 18.6 Å². The molecule has 0 spiro atoms. The Kier molecular flexibility index (Phi) is 7.69.